The molecule has 4 nitrogen and oxygen atoms in total. The summed E-state index contributed by atoms with van der Waals surface area (Å²) in [5.74, 6) is 0.117. The first kappa shape index (κ1) is 17.4. The molecule has 1 unspecified atom stereocenters. The van der Waals surface area contributed by atoms with E-state index in [0.717, 1.165) is 52.0 Å². The fourth-order valence-electron chi connectivity index (χ4n) is 1.80. The average molecular weight is 257 g/mol. The van der Waals surface area contributed by atoms with Crippen molar-refractivity contribution in [1.29, 1.82) is 0 Å². The smallest absolute Gasteiger partial charge is 0.236 e. The van der Waals surface area contributed by atoms with Gasteiger partial charge >= 0.3 is 0 Å². The topological polar surface area (TPSA) is 44.4 Å². The Balaban J connectivity index is 3.56. The Morgan fingerprint density at radius 3 is 2.33 bits per heavy atom. The van der Waals surface area contributed by atoms with Crippen molar-refractivity contribution in [2.45, 2.75) is 53.0 Å². The lowest BCUT2D eigenvalue weighted by molar-refractivity contribution is -0.122. The zero-order chi connectivity index (χ0) is 13.8. The molecular formula is C14H31N3O. The van der Waals surface area contributed by atoms with Crippen molar-refractivity contribution in [2.24, 2.45) is 0 Å². The maximum atomic E-state index is 11.7. The van der Waals surface area contributed by atoms with Crippen molar-refractivity contribution in [2.75, 3.05) is 32.7 Å². The van der Waals surface area contributed by atoms with Gasteiger partial charge in [-0.1, -0.05) is 27.2 Å². The molecule has 108 valence electrons. The molecule has 0 aromatic carbocycles. The molecule has 0 bridgehead atoms. The van der Waals surface area contributed by atoms with Crippen LogP contribution < -0.4 is 10.6 Å². The molecule has 1 amide bonds. The fraction of sp³-hybridized carbons (Fsp3) is 0.929. The van der Waals surface area contributed by atoms with Gasteiger partial charge in [0.05, 0.1) is 6.04 Å². The van der Waals surface area contributed by atoms with Crippen molar-refractivity contribution in [1.82, 2.24) is 15.5 Å². The number of nitrogens with one attached hydrogen (secondary N) is 2. The van der Waals surface area contributed by atoms with Gasteiger partial charge in [-0.25, -0.2) is 0 Å². The summed E-state index contributed by atoms with van der Waals surface area (Å²) in [5.41, 5.74) is 0. The third kappa shape index (κ3) is 8.48. The van der Waals surface area contributed by atoms with Crippen LogP contribution in [0.3, 0.4) is 0 Å². The first-order valence-electron chi connectivity index (χ1n) is 7.39. The van der Waals surface area contributed by atoms with E-state index in [-0.39, 0.29) is 11.9 Å². The van der Waals surface area contributed by atoms with Crippen LogP contribution in [0.2, 0.25) is 0 Å². The summed E-state index contributed by atoms with van der Waals surface area (Å²) in [6, 6.07) is -0.0847. The lowest BCUT2D eigenvalue weighted by Crippen LogP contribution is -2.43. The van der Waals surface area contributed by atoms with E-state index in [1.54, 1.807) is 0 Å². The summed E-state index contributed by atoms with van der Waals surface area (Å²) in [6.07, 6.45) is 3.26. The third-order valence-corrected chi connectivity index (χ3v) is 3.22. The Kier molecular flexibility index (Phi) is 11.1. The van der Waals surface area contributed by atoms with Crippen LogP contribution in [0.5, 0.6) is 0 Å². The molecule has 0 heterocycles. The standard InChI is InChI=1S/C14H31N3O/c1-5-8-10-16-14(18)13(4)15-11-9-12-17(6-2)7-3/h13,15H,5-12H2,1-4H3,(H,16,18). The summed E-state index contributed by atoms with van der Waals surface area (Å²) >= 11 is 0. The maximum Gasteiger partial charge on any atom is 0.236 e. The van der Waals surface area contributed by atoms with Gasteiger partial charge in [0.2, 0.25) is 5.91 Å². The van der Waals surface area contributed by atoms with Crippen LogP contribution in [-0.4, -0.2) is 49.6 Å². The van der Waals surface area contributed by atoms with E-state index in [1.165, 1.54) is 0 Å². The van der Waals surface area contributed by atoms with Gasteiger partial charge in [0.1, 0.15) is 0 Å². The molecule has 2 N–H and O–H groups in total. The molecule has 0 saturated heterocycles. The van der Waals surface area contributed by atoms with Gasteiger partial charge in [0.25, 0.3) is 0 Å². The largest absolute Gasteiger partial charge is 0.355 e. The second-order valence-electron chi connectivity index (χ2n) is 4.70. The van der Waals surface area contributed by atoms with Crippen molar-refractivity contribution in [3.8, 4) is 0 Å². The lowest BCUT2D eigenvalue weighted by Gasteiger charge is -2.19. The predicted octanol–water partition coefficient (Wildman–Crippen LogP) is 1.61. The predicted molar refractivity (Wildman–Crippen MR) is 77.8 cm³/mol. The molecule has 18 heavy (non-hydrogen) atoms. The lowest BCUT2D eigenvalue weighted by atomic mass is 10.2. The van der Waals surface area contributed by atoms with Crippen molar-refractivity contribution < 1.29 is 4.79 Å². The number of rotatable bonds is 11. The second-order valence-corrected chi connectivity index (χ2v) is 4.70. The molecule has 0 spiro atoms. The van der Waals surface area contributed by atoms with Crippen LogP contribution in [-0.2, 0) is 4.79 Å². The van der Waals surface area contributed by atoms with Gasteiger partial charge in [-0.15, -0.1) is 0 Å². The van der Waals surface area contributed by atoms with Gasteiger partial charge in [0.15, 0.2) is 0 Å². The van der Waals surface area contributed by atoms with Crippen LogP contribution in [0.1, 0.15) is 47.0 Å². The Bertz CT molecular complexity index is 205. The molecule has 4 heteroatoms. The van der Waals surface area contributed by atoms with E-state index < -0.39 is 0 Å². The number of amides is 1. The van der Waals surface area contributed by atoms with Crippen LogP contribution in [0.15, 0.2) is 0 Å². The molecule has 0 saturated carbocycles. The van der Waals surface area contributed by atoms with Gasteiger partial charge in [-0.2, -0.15) is 0 Å². The molecule has 0 aliphatic rings. The zero-order valence-electron chi connectivity index (χ0n) is 12.6. The van der Waals surface area contributed by atoms with Crippen LogP contribution in [0.4, 0.5) is 0 Å². The molecule has 0 aromatic heterocycles. The Morgan fingerprint density at radius 1 is 1.11 bits per heavy atom. The van der Waals surface area contributed by atoms with Gasteiger partial charge in [-0.05, 0) is 45.9 Å². The zero-order valence-corrected chi connectivity index (χ0v) is 12.6. The van der Waals surface area contributed by atoms with Crippen LogP contribution >= 0.6 is 0 Å². The second kappa shape index (κ2) is 11.5. The molecule has 0 aliphatic carbocycles. The van der Waals surface area contributed by atoms with Gasteiger partial charge in [-0.3, -0.25) is 4.79 Å². The molecular weight excluding hydrogens is 226 g/mol. The quantitative estimate of drug-likeness (QED) is 0.553. The number of nitrogens with zero attached hydrogens (tertiary/aromatic N) is 1. The summed E-state index contributed by atoms with van der Waals surface area (Å²) < 4.78 is 0. The minimum absolute atomic E-state index is 0.0847. The monoisotopic (exact) mass is 257 g/mol. The molecule has 0 aliphatic heterocycles. The molecule has 1 atom stereocenters. The number of unbranched alkanes of at least 4 members (excludes halogenated alkanes) is 1. The number of carbonyl (C=O) groups excluding carboxylic acids is 1. The SMILES string of the molecule is CCCCNC(=O)C(C)NCCCN(CC)CC. The van der Waals surface area contributed by atoms with Gasteiger partial charge < -0.3 is 15.5 Å². The highest BCUT2D eigenvalue weighted by molar-refractivity contribution is 5.81. The number of carbonyl (C=O) groups is 1. The maximum absolute atomic E-state index is 11.7. The highest BCUT2D eigenvalue weighted by Gasteiger charge is 2.10. The number of hydrogen-bond donors (Lipinski definition) is 2. The van der Waals surface area contributed by atoms with E-state index in [9.17, 15) is 4.79 Å². The van der Waals surface area contributed by atoms with Crippen molar-refractivity contribution in [3.63, 3.8) is 0 Å². The first-order valence-corrected chi connectivity index (χ1v) is 7.39. The van der Waals surface area contributed by atoms with E-state index in [1.807, 2.05) is 6.92 Å². The van der Waals surface area contributed by atoms with Gasteiger partial charge in [0, 0.05) is 6.54 Å². The highest BCUT2D eigenvalue weighted by Crippen LogP contribution is 1.91. The normalized spacial score (nSPS) is 12.7. The van der Waals surface area contributed by atoms with E-state index in [2.05, 4.69) is 36.3 Å². The van der Waals surface area contributed by atoms with Crippen molar-refractivity contribution in [3.05, 3.63) is 0 Å². The molecule has 0 fully saturated rings. The average Bonchev–Trinajstić information content (AvgIpc) is 2.38. The Hall–Kier alpha value is -0.610. The Morgan fingerprint density at radius 2 is 1.78 bits per heavy atom. The highest BCUT2D eigenvalue weighted by atomic mass is 16.2. The first-order chi connectivity index (χ1) is 8.65. The molecule has 0 rings (SSSR count). The molecule has 0 aromatic rings. The van der Waals surface area contributed by atoms with E-state index >= 15 is 0 Å². The molecule has 0 radical (unpaired) electrons. The minimum Gasteiger partial charge on any atom is -0.355 e. The summed E-state index contributed by atoms with van der Waals surface area (Å²) in [5, 5.41) is 6.22. The number of hydrogen-bond acceptors (Lipinski definition) is 3. The minimum atomic E-state index is -0.0847. The van der Waals surface area contributed by atoms with E-state index in [0.29, 0.717) is 0 Å². The Labute approximate surface area is 113 Å². The fourth-order valence-corrected chi connectivity index (χ4v) is 1.80. The van der Waals surface area contributed by atoms with Crippen LogP contribution in [0.25, 0.3) is 0 Å². The van der Waals surface area contributed by atoms with Crippen molar-refractivity contribution >= 4 is 5.91 Å². The summed E-state index contributed by atoms with van der Waals surface area (Å²) in [7, 11) is 0. The third-order valence-electron chi connectivity index (χ3n) is 3.22. The summed E-state index contributed by atoms with van der Waals surface area (Å²) in [4.78, 5) is 14.1. The van der Waals surface area contributed by atoms with E-state index in [4.69, 9.17) is 0 Å². The summed E-state index contributed by atoms with van der Waals surface area (Å²) in [6.45, 7) is 13.4. The van der Waals surface area contributed by atoms with Crippen LogP contribution in [0, 0.1) is 0 Å².